The van der Waals surface area contributed by atoms with Gasteiger partial charge in [0.1, 0.15) is 11.5 Å². The smallest absolute Gasteiger partial charge is 0.229 e. The van der Waals surface area contributed by atoms with Gasteiger partial charge in [-0.15, -0.1) is 0 Å². The summed E-state index contributed by atoms with van der Waals surface area (Å²) in [7, 11) is 0. The molecule has 5 rings (SSSR count). The summed E-state index contributed by atoms with van der Waals surface area (Å²) in [6.07, 6.45) is 5.34. The van der Waals surface area contributed by atoms with Crippen molar-refractivity contribution >= 4 is 5.91 Å². The lowest BCUT2D eigenvalue weighted by Crippen LogP contribution is -2.56. The maximum atomic E-state index is 13.1. The van der Waals surface area contributed by atoms with E-state index in [1.54, 1.807) is 0 Å². The van der Waals surface area contributed by atoms with Crippen LogP contribution in [-0.2, 0) is 29.1 Å². The van der Waals surface area contributed by atoms with Crippen LogP contribution >= 0.6 is 0 Å². The van der Waals surface area contributed by atoms with E-state index in [4.69, 9.17) is 9.26 Å². The van der Waals surface area contributed by atoms with Crippen LogP contribution in [0.15, 0.2) is 4.52 Å². The van der Waals surface area contributed by atoms with Crippen LogP contribution in [0.4, 0.5) is 0 Å². The Hall–Kier alpha value is -1.40. The molecule has 2 atom stereocenters. The fourth-order valence-corrected chi connectivity index (χ4v) is 5.28. The van der Waals surface area contributed by atoms with Crippen molar-refractivity contribution in [1.82, 2.24) is 15.0 Å². The minimum Gasteiger partial charge on any atom is -0.376 e. The van der Waals surface area contributed by atoms with Gasteiger partial charge in [0.25, 0.3) is 0 Å². The summed E-state index contributed by atoms with van der Waals surface area (Å²) >= 11 is 0. The summed E-state index contributed by atoms with van der Waals surface area (Å²) < 4.78 is 11.1. The normalized spacial score (nSPS) is 29.9. The van der Waals surface area contributed by atoms with Crippen molar-refractivity contribution in [2.45, 2.75) is 71.2 Å². The first-order valence-corrected chi connectivity index (χ1v) is 10.2. The van der Waals surface area contributed by atoms with Crippen molar-refractivity contribution in [3.8, 4) is 0 Å². The van der Waals surface area contributed by atoms with Crippen molar-refractivity contribution in [3.05, 3.63) is 17.0 Å². The van der Waals surface area contributed by atoms with E-state index in [-0.39, 0.29) is 5.41 Å². The van der Waals surface area contributed by atoms with Gasteiger partial charge in [0.15, 0.2) is 0 Å². The molecule has 1 aliphatic carbocycles. The molecule has 2 saturated heterocycles. The van der Waals surface area contributed by atoms with Crippen molar-refractivity contribution in [1.29, 1.82) is 0 Å². The van der Waals surface area contributed by atoms with Gasteiger partial charge in [-0.2, -0.15) is 0 Å². The number of carbonyl (C=O) groups excluding carboxylic acids is 1. The first-order valence-electron chi connectivity index (χ1n) is 10.2. The second-order valence-electron chi connectivity index (χ2n) is 8.91. The van der Waals surface area contributed by atoms with Crippen LogP contribution in [0.5, 0.6) is 0 Å². The molecule has 1 saturated carbocycles. The molecule has 0 spiro atoms. The first-order chi connectivity index (χ1) is 12.6. The minimum absolute atomic E-state index is 0.0515. The molecule has 1 aromatic rings. The molecule has 6 nitrogen and oxygen atoms in total. The second kappa shape index (κ2) is 6.06. The van der Waals surface area contributed by atoms with Crippen molar-refractivity contribution in [3.63, 3.8) is 0 Å². The van der Waals surface area contributed by atoms with Crippen molar-refractivity contribution < 1.29 is 14.1 Å². The van der Waals surface area contributed by atoms with E-state index in [1.165, 1.54) is 12.8 Å². The molecule has 142 valence electrons. The summed E-state index contributed by atoms with van der Waals surface area (Å²) in [6.45, 7) is 8.33. The molecule has 1 amide bonds. The molecule has 3 aliphatic heterocycles. The highest BCUT2D eigenvalue weighted by Gasteiger charge is 2.55. The summed E-state index contributed by atoms with van der Waals surface area (Å²) in [5.74, 6) is 1.86. The number of likely N-dealkylation sites (tertiary alicyclic amines) is 1. The number of aromatic nitrogens is 1. The average Bonchev–Trinajstić information content (AvgIpc) is 3.32. The SMILES string of the molecule is CC(C)C1(C(=O)N2CC3CCC(C2)N3Cc2noc3c2COCC3)CC1. The van der Waals surface area contributed by atoms with Crippen molar-refractivity contribution in [2.75, 3.05) is 19.7 Å². The molecule has 0 aromatic carbocycles. The Morgan fingerprint density at radius 2 is 2.00 bits per heavy atom. The van der Waals surface area contributed by atoms with Gasteiger partial charge in [-0.25, -0.2) is 0 Å². The summed E-state index contributed by atoms with van der Waals surface area (Å²) in [5, 5.41) is 4.34. The zero-order valence-electron chi connectivity index (χ0n) is 15.9. The van der Waals surface area contributed by atoms with Crippen LogP contribution in [-0.4, -0.2) is 52.6 Å². The lowest BCUT2D eigenvalue weighted by Gasteiger charge is -2.42. The molecule has 3 fully saturated rings. The maximum absolute atomic E-state index is 13.1. The van der Waals surface area contributed by atoms with Gasteiger partial charge >= 0.3 is 0 Å². The van der Waals surface area contributed by atoms with E-state index >= 15 is 0 Å². The van der Waals surface area contributed by atoms with Gasteiger partial charge in [0, 0.05) is 43.7 Å². The Balaban J connectivity index is 1.29. The number of rotatable bonds is 4. The number of piperazine rings is 1. The zero-order valence-corrected chi connectivity index (χ0v) is 15.9. The Bertz CT molecular complexity index is 695. The number of ether oxygens (including phenoxy) is 1. The maximum Gasteiger partial charge on any atom is 0.229 e. The van der Waals surface area contributed by atoms with Gasteiger partial charge in [0.05, 0.1) is 18.6 Å². The number of amides is 1. The van der Waals surface area contributed by atoms with E-state index < -0.39 is 0 Å². The minimum atomic E-state index is -0.0515. The highest BCUT2D eigenvalue weighted by molar-refractivity contribution is 5.86. The molecule has 0 N–H and O–H groups in total. The summed E-state index contributed by atoms with van der Waals surface area (Å²) in [5.41, 5.74) is 2.15. The predicted octanol–water partition coefficient (Wildman–Crippen LogP) is 2.36. The largest absolute Gasteiger partial charge is 0.376 e. The molecule has 4 aliphatic rings. The molecule has 2 bridgehead atoms. The number of carbonyl (C=O) groups is 1. The third-order valence-corrected chi connectivity index (χ3v) is 7.24. The number of fused-ring (bicyclic) bond motifs is 3. The lowest BCUT2D eigenvalue weighted by molar-refractivity contribution is -0.142. The Morgan fingerprint density at radius 3 is 2.65 bits per heavy atom. The van der Waals surface area contributed by atoms with Crippen LogP contribution < -0.4 is 0 Å². The van der Waals surface area contributed by atoms with E-state index in [9.17, 15) is 4.79 Å². The van der Waals surface area contributed by atoms with Crippen LogP contribution in [0, 0.1) is 11.3 Å². The summed E-state index contributed by atoms with van der Waals surface area (Å²) in [4.78, 5) is 17.9. The third kappa shape index (κ3) is 2.53. The molecule has 2 unspecified atom stereocenters. The van der Waals surface area contributed by atoms with Gasteiger partial charge < -0.3 is 14.2 Å². The molecule has 1 aromatic heterocycles. The van der Waals surface area contributed by atoms with Crippen LogP contribution in [0.25, 0.3) is 0 Å². The van der Waals surface area contributed by atoms with E-state index in [0.717, 1.165) is 62.5 Å². The molecule has 6 heteroatoms. The molecular weight excluding hydrogens is 330 g/mol. The second-order valence-corrected chi connectivity index (χ2v) is 8.91. The standard InChI is InChI=1S/C20H29N3O3/c1-13(2)20(6-7-20)19(24)22-9-14-3-4-15(10-22)23(14)11-17-16-12-25-8-5-18(16)26-21-17/h13-15H,3-12H2,1-2H3. The Kier molecular flexibility index (Phi) is 3.90. The Morgan fingerprint density at radius 1 is 1.27 bits per heavy atom. The van der Waals surface area contributed by atoms with Gasteiger partial charge in [-0.3, -0.25) is 9.69 Å². The summed E-state index contributed by atoms with van der Waals surface area (Å²) in [6, 6.07) is 0.912. The fourth-order valence-electron chi connectivity index (χ4n) is 5.28. The molecule has 4 heterocycles. The average molecular weight is 359 g/mol. The Labute approximate surface area is 154 Å². The monoisotopic (exact) mass is 359 g/mol. The predicted molar refractivity (Wildman–Crippen MR) is 95.3 cm³/mol. The highest BCUT2D eigenvalue weighted by Crippen LogP contribution is 2.53. The van der Waals surface area contributed by atoms with Crippen molar-refractivity contribution in [2.24, 2.45) is 11.3 Å². The highest BCUT2D eigenvalue weighted by atomic mass is 16.5. The molecule has 26 heavy (non-hydrogen) atoms. The van der Waals surface area contributed by atoms with E-state index in [1.807, 2.05) is 0 Å². The van der Waals surface area contributed by atoms with Gasteiger partial charge in [-0.1, -0.05) is 19.0 Å². The first kappa shape index (κ1) is 16.8. The van der Waals surface area contributed by atoms with Crippen LogP contribution in [0.1, 0.15) is 56.5 Å². The molecule has 0 radical (unpaired) electrons. The lowest BCUT2D eigenvalue weighted by atomic mass is 9.90. The van der Waals surface area contributed by atoms with Crippen LogP contribution in [0.2, 0.25) is 0 Å². The quantitative estimate of drug-likeness (QED) is 0.826. The fraction of sp³-hybridized carbons (Fsp3) is 0.800. The zero-order chi connectivity index (χ0) is 17.9. The van der Waals surface area contributed by atoms with E-state index in [2.05, 4.69) is 28.8 Å². The van der Waals surface area contributed by atoms with Crippen LogP contribution in [0.3, 0.4) is 0 Å². The number of nitrogens with zero attached hydrogens (tertiary/aromatic N) is 3. The molecular formula is C20H29N3O3. The number of hydrogen-bond donors (Lipinski definition) is 0. The van der Waals surface area contributed by atoms with Gasteiger partial charge in [0.2, 0.25) is 5.91 Å². The topological polar surface area (TPSA) is 58.8 Å². The third-order valence-electron chi connectivity index (χ3n) is 7.24. The van der Waals surface area contributed by atoms with E-state index in [0.29, 0.717) is 30.5 Å². The number of hydrogen-bond acceptors (Lipinski definition) is 5. The van der Waals surface area contributed by atoms with Gasteiger partial charge in [-0.05, 0) is 31.6 Å².